The Balaban J connectivity index is 1.64. The van der Waals surface area contributed by atoms with Crippen LogP contribution in [0.4, 0.5) is 24.6 Å². The van der Waals surface area contributed by atoms with E-state index in [4.69, 9.17) is 32.7 Å². The largest absolute Gasteiger partial charge is 0.509 e. The van der Waals surface area contributed by atoms with Crippen LogP contribution >= 0.6 is 19.5 Å². The second-order valence-corrected chi connectivity index (χ2v) is 20.1. The molecule has 2 aliphatic rings. The lowest BCUT2D eigenvalue weighted by molar-refractivity contribution is -0.152. The molecule has 1 aromatic heterocycles. The second kappa shape index (κ2) is 19.5. The summed E-state index contributed by atoms with van der Waals surface area (Å²) >= 11 is 0.789. The molecule has 2 amide bonds. The van der Waals surface area contributed by atoms with Gasteiger partial charge in [0.15, 0.2) is 18.1 Å². The van der Waals surface area contributed by atoms with Gasteiger partial charge in [0.2, 0.25) is 0 Å². The summed E-state index contributed by atoms with van der Waals surface area (Å²) in [7, 11) is -4.47. The third-order valence-corrected chi connectivity index (χ3v) is 11.4. The molecule has 2 unspecified atom stereocenters. The molecule has 6 atom stereocenters. The fourth-order valence-electron chi connectivity index (χ4n) is 5.80. The summed E-state index contributed by atoms with van der Waals surface area (Å²) in [5, 5.41) is 0.0279. The third-order valence-electron chi connectivity index (χ3n) is 8.28. The maximum Gasteiger partial charge on any atom is 0.509 e. The standard InChI is InChI=1S/C39H56FN4O13PS/c1-24(32(45)52-25-17-13-11-14-18-25)42-58(50,57-26-19-15-12-16-20-26)51-23-27-30(53-36(49)56-39(8,9)10)29(40)31(59-27)43-22-21-28(41-33(43)46)44(34(47)54-37(2,3)4)35(48)55-38(5,6)7/h12,15-16,19-22,24-25,27,29-31H,11,13-14,17-18,23H2,1-10H3,(H,42,50)/t24?,27-,29+,30-,31-,58?/m1/s1. The Labute approximate surface area is 347 Å². The van der Waals surface area contributed by atoms with Crippen LogP contribution in [0.25, 0.3) is 0 Å². The number of thioether (sulfide) groups is 1. The molecule has 20 heteroatoms. The Morgan fingerprint density at radius 1 is 0.898 bits per heavy atom. The average Bonchev–Trinajstić information content (AvgIpc) is 3.39. The van der Waals surface area contributed by atoms with Crippen LogP contribution in [0.2, 0.25) is 0 Å². The number of alkyl halides is 1. The Hall–Kier alpha value is -4.19. The number of carbonyl (C=O) groups excluding carboxylic acids is 4. The van der Waals surface area contributed by atoms with E-state index in [0.29, 0.717) is 17.7 Å². The summed E-state index contributed by atoms with van der Waals surface area (Å²) in [5.74, 6) is -1.01. The minimum atomic E-state index is -4.47. The quantitative estimate of drug-likeness (QED) is 0.121. The SMILES string of the molecule is CC(NP(=O)(OC[C@H]1S[C@@H](n2ccc(N(C(=O)OC(C)(C)C)C(=O)OC(C)(C)C)nc2=O)[C@@H](F)[C@@H]1OC(=O)OC(C)(C)C)Oc1ccccc1)C(=O)OC1CCCCC1. The number of benzene rings is 1. The van der Waals surface area contributed by atoms with Crippen molar-refractivity contribution in [1.82, 2.24) is 14.6 Å². The predicted octanol–water partition coefficient (Wildman–Crippen LogP) is 8.25. The number of anilines is 1. The van der Waals surface area contributed by atoms with Gasteiger partial charge in [-0.15, -0.1) is 11.8 Å². The Morgan fingerprint density at radius 3 is 2.02 bits per heavy atom. The number of ether oxygens (including phenoxy) is 5. The van der Waals surface area contributed by atoms with Gasteiger partial charge in [-0.3, -0.25) is 13.9 Å². The molecule has 1 aliphatic carbocycles. The highest BCUT2D eigenvalue weighted by Crippen LogP contribution is 2.50. The number of halogens is 1. The minimum Gasteiger partial charge on any atom is -0.461 e. The molecule has 17 nitrogen and oxygen atoms in total. The van der Waals surface area contributed by atoms with E-state index in [1.807, 2.05) is 0 Å². The molecule has 328 valence electrons. The van der Waals surface area contributed by atoms with Gasteiger partial charge in [-0.05, 0) is 113 Å². The lowest BCUT2D eigenvalue weighted by Crippen LogP contribution is -2.45. The summed E-state index contributed by atoms with van der Waals surface area (Å²) in [6.07, 6.45) is -2.20. The maximum absolute atomic E-state index is 16.6. The fraction of sp³-hybridized carbons (Fsp3) is 0.641. The molecule has 0 radical (unpaired) electrons. The van der Waals surface area contributed by atoms with Crippen molar-refractivity contribution >= 4 is 49.6 Å². The monoisotopic (exact) mass is 870 g/mol. The molecule has 0 bridgehead atoms. The van der Waals surface area contributed by atoms with Crippen molar-refractivity contribution < 1.29 is 60.9 Å². The zero-order chi connectivity index (χ0) is 43.9. The normalized spacial score (nSPS) is 21.7. The fourth-order valence-corrected chi connectivity index (χ4v) is 8.88. The van der Waals surface area contributed by atoms with Crippen LogP contribution in [0.3, 0.4) is 0 Å². The number of nitrogens with one attached hydrogen (secondary N) is 1. The smallest absolute Gasteiger partial charge is 0.461 e. The van der Waals surface area contributed by atoms with Gasteiger partial charge in [0.25, 0.3) is 0 Å². The van der Waals surface area contributed by atoms with Gasteiger partial charge in [-0.2, -0.15) is 15.0 Å². The molecular weight excluding hydrogens is 814 g/mol. The lowest BCUT2D eigenvalue weighted by Gasteiger charge is -2.28. The molecule has 1 aromatic carbocycles. The van der Waals surface area contributed by atoms with Crippen LogP contribution in [0, 0.1) is 0 Å². The summed E-state index contributed by atoms with van der Waals surface area (Å²) < 4.78 is 70.7. The number of para-hydroxylation sites is 1. The zero-order valence-electron chi connectivity index (χ0n) is 35.1. The van der Waals surface area contributed by atoms with Gasteiger partial charge >= 0.3 is 37.7 Å². The van der Waals surface area contributed by atoms with E-state index < -0.39 is 95.9 Å². The van der Waals surface area contributed by atoms with E-state index >= 15 is 4.39 Å². The van der Waals surface area contributed by atoms with Crippen LogP contribution < -0.4 is 20.2 Å². The van der Waals surface area contributed by atoms with Crippen LogP contribution in [0.1, 0.15) is 107 Å². The number of carbonyl (C=O) groups is 4. The Bertz CT molecular complexity index is 1870. The molecule has 2 aromatic rings. The number of esters is 1. The molecule has 2 fully saturated rings. The van der Waals surface area contributed by atoms with Crippen LogP contribution in [-0.4, -0.2) is 86.9 Å². The number of nitrogens with zero attached hydrogens (tertiary/aromatic N) is 3. The van der Waals surface area contributed by atoms with Crippen molar-refractivity contribution in [1.29, 1.82) is 0 Å². The molecule has 0 spiro atoms. The lowest BCUT2D eigenvalue weighted by atomic mass is 9.98. The highest BCUT2D eigenvalue weighted by molar-refractivity contribution is 8.00. The first-order valence-electron chi connectivity index (χ1n) is 19.3. The van der Waals surface area contributed by atoms with Gasteiger partial charge in [0.05, 0.1) is 11.9 Å². The molecular formula is C39H56FN4O13PS. The third kappa shape index (κ3) is 14.5. The van der Waals surface area contributed by atoms with E-state index in [1.165, 1.54) is 19.1 Å². The highest BCUT2D eigenvalue weighted by Gasteiger charge is 2.50. The van der Waals surface area contributed by atoms with Crippen LogP contribution in [0.15, 0.2) is 47.4 Å². The van der Waals surface area contributed by atoms with Gasteiger partial charge < -0.3 is 28.2 Å². The maximum atomic E-state index is 16.6. The van der Waals surface area contributed by atoms with Crippen LogP contribution in [0.5, 0.6) is 5.75 Å². The highest BCUT2D eigenvalue weighted by atomic mass is 32.2. The van der Waals surface area contributed by atoms with Crippen molar-refractivity contribution in [3.05, 3.63) is 53.1 Å². The zero-order valence-corrected chi connectivity index (χ0v) is 36.8. The molecule has 1 N–H and O–H groups in total. The second-order valence-electron chi connectivity index (χ2n) is 17.1. The van der Waals surface area contributed by atoms with Crippen molar-refractivity contribution in [2.45, 2.75) is 153 Å². The van der Waals surface area contributed by atoms with Gasteiger partial charge in [-0.25, -0.2) is 28.1 Å². The Kier molecular flexibility index (Phi) is 15.7. The van der Waals surface area contributed by atoms with E-state index in [-0.39, 0.29) is 11.9 Å². The Morgan fingerprint density at radius 2 is 1.47 bits per heavy atom. The minimum absolute atomic E-state index is 0.127. The number of aromatic nitrogens is 2. The van der Waals surface area contributed by atoms with E-state index in [0.717, 1.165) is 47.9 Å². The number of imide groups is 1. The van der Waals surface area contributed by atoms with Gasteiger partial charge in [-0.1, -0.05) is 24.6 Å². The van der Waals surface area contributed by atoms with Gasteiger partial charge in [0, 0.05) is 6.20 Å². The van der Waals surface area contributed by atoms with E-state index in [2.05, 4.69) is 10.1 Å². The van der Waals surface area contributed by atoms with Gasteiger partial charge in [0.1, 0.15) is 40.1 Å². The molecule has 1 saturated heterocycles. The first-order chi connectivity index (χ1) is 27.3. The number of hydrogen-bond donors (Lipinski definition) is 1. The van der Waals surface area contributed by atoms with Crippen molar-refractivity contribution in [2.75, 3.05) is 11.5 Å². The number of rotatable bonds is 12. The summed E-state index contributed by atoms with van der Waals surface area (Å²) in [6.45, 7) is 15.1. The van der Waals surface area contributed by atoms with Crippen molar-refractivity contribution in [2.24, 2.45) is 0 Å². The summed E-state index contributed by atoms with van der Waals surface area (Å²) in [5.41, 5.74) is -4.20. The van der Waals surface area contributed by atoms with E-state index in [9.17, 15) is 28.5 Å². The first-order valence-corrected chi connectivity index (χ1v) is 21.8. The first kappa shape index (κ1) is 47.5. The number of amides is 2. The van der Waals surface area contributed by atoms with Crippen molar-refractivity contribution in [3.63, 3.8) is 0 Å². The summed E-state index contributed by atoms with van der Waals surface area (Å²) in [4.78, 5) is 70.4. The molecule has 1 aliphatic heterocycles. The van der Waals surface area contributed by atoms with E-state index in [1.54, 1.807) is 80.5 Å². The topological polar surface area (TPSA) is 200 Å². The molecule has 4 rings (SSSR count). The molecule has 1 saturated carbocycles. The molecule has 59 heavy (non-hydrogen) atoms. The number of hydrogen-bond acceptors (Lipinski definition) is 15. The average molecular weight is 871 g/mol. The predicted molar refractivity (Wildman–Crippen MR) is 216 cm³/mol. The van der Waals surface area contributed by atoms with Crippen LogP contribution in [-0.2, 0) is 37.6 Å². The van der Waals surface area contributed by atoms with Crippen molar-refractivity contribution in [3.8, 4) is 5.75 Å². The molecule has 2 heterocycles. The summed E-state index contributed by atoms with van der Waals surface area (Å²) in [6, 6.07) is 7.97.